The second kappa shape index (κ2) is 7.04. The molecule has 0 bridgehead atoms. The fraction of sp³-hybridized carbons (Fsp3) is 0.444. The molecule has 1 aliphatic heterocycles. The Bertz CT molecular complexity index is 691. The van der Waals surface area contributed by atoms with Crippen LogP contribution in [0.1, 0.15) is 46.9 Å². The minimum atomic E-state index is -0.620. The molecule has 0 unspecified atom stereocenters. The Kier molecular flexibility index (Phi) is 4.83. The van der Waals surface area contributed by atoms with E-state index in [2.05, 4.69) is 5.32 Å². The van der Waals surface area contributed by atoms with E-state index in [-0.39, 0.29) is 31.5 Å². The van der Waals surface area contributed by atoms with E-state index in [0.29, 0.717) is 17.0 Å². The number of carbonyl (C=O) groups is 4. The van der Waals surface area contributed by atoms with Gasteiger partial charge in [-0.05, 0) is 37.8 Å². The molecule has 25 heavy (non-hydrogen) atoms. The van der Waals surface area contributed by atoms with Gasteiger partial charge in [-0.15, -0.1) is 0 Å². The third kappa shape index (κ3) is 3.87. The van der Waals surface area contributed by atoms with Crippen LogP contribution < -0.4 is 5.32 Å². The van der Waals surface area contributed by atoms with Crippen LogP contribution in [0.3, 0.4) is 0 Å². The van der Waals surface area contributed by atoms with E-state index >= 15 is 0 Å². The van der Waals surface area contributed by atoms with Crippen molar-refractivity contribution < 1.29 is 23.9 Å². The molecule has 3 amide bonds. The molecule has 0 aromatic heterocycles. The number of hydrogen-bond donors (Lipinski definition) is 1. The molecule has 0 saturated heterocycles. The van der Waals surface area contributed by atoms with Crippen LogP contribution >= 0.6 is 0 Å². The summed E-state index contributed by atoms with van der Waals surface area (Å²) in [7, 11) is 0. The standard InChI is InChI=1S/C18H20N2O5/c1-11(12-6-7-12)19-15(21)10-25-16(22)8-9-20-17(23)13-4-2-3-5-14(13)18(20)24/h2-5,11-12H,6-10H2,1H3,(H,19,21)/t11-/m0/s1. The first-order valence-electron chi connectivity index (χ1n) is 8.37. The number of ether oxygens (including phenoxy) is 1. The van der Waals surface area contributed by atoms with Gasteiger partial charge >= 0.3 is 5.97 Å². The van der Waals surface area contributed by atoms with E-state index in [9.17, 15) is 19.2 Å². The molecule has 1 fully saturated rings. The van der Waals surface area contributed by atoms with Crippen LogP contribution in [0, 0.1) is 5.92 Å². The van der Waals surface area contributed by atoms with E-state index in [1.807, 2.05) is 6.92 Å². The van der Waals surface area contributed by atoms with Gasteiger partial charge < -0.3 is 10.1 Å². The van der Waals surface area contributed by atoms with E-state index < -0.39 is 17.8 Å². The lowest BCUT2D eigenvalue weighted by Gasteiger charge is -2.14. The Morgan fingerprint density at radius 2 is 1.80 bits per heavy atom. The summed E-state index contributed by atoms with van der Waals surface area (Å²) in [4.78, 5) is 48.8. The Morgan fingerprint density at radius 1 is 1.20 bits per heavy atom. The first-order chi connectivity index (χ1) is 12.0. The van der Waals surface area contributed by atoms with Crippen molar-refractivity contribution >= 4 is 23.7 Å². The first-order valence-corrected chi connectivity index (χ1v) is 8.37. The summed E-state index contributed by atoms with van der Waals surface area (Å²) in [6.07, 6.45) is 2.08. The van der Waals surface area contributed by atoms with Gasteiger partial charge in [0.1, 0.15) is 0 Å². The van der Waals surface area contributed by atoms with Crippen LogP contribution in [0.25, 0.3) is 0 Å². The number of carbonyl (C=O) groups excluding carboxylic acids is 4. The van der Waals surface area contributed by atoms with Crippen LogP contribution in [0.4, 0.5) is 0 Å². The number of rotatable bonds is 7. The summed E-state index contributed by atoms with van der Waals surface area (Å²) in [6, 6.07) is 6.62. The van der Waals surface area contributed by atoms with Crippen molar-refractivity contribution in [3.63, 3.8) is 0 Å². The van der Waals surface area contributed by atoms with Gasteiger partial charge in [0.2, 0.25) is 0 Å². The largest absolute Gasteiger partial charge is 0.456 e. The third-order valence-corrected chi connectivity index (χ3v) is 4.50. The van der Waals surface area contributed by atoms with Crippen LogP contribution in [0.5, 0.6) is 0 Å². The zero-order chi connectivity index (χ0) is 18.0. The molecular formula is C18H20N2O5. The van der Waals surface area contributed by atoms with Crippen molar-refractivity contribution in [2.24, 2.45) is 5.92 Å². The molecule has 7 nitrogen and oxygen atoms in total. The van der Waals surface area contributed by atoms with Crippen LogP contribution in [-0.4, -0.2) is 47.8 Å². The zero-order valence-corrected chi connectivity index (χ0v) is 14.0. The van der Waals surface area contributed by atoms with E-state index in [0.717, 1.165) is 17.7 Å². The molecular weight excluding hydrogens is 324 g/mol. The average molecular weight is 344 g/mol. The Balaban J connectivity index is 1.43. The highest BCUT2D eigenvalue weighted by Crippen LogP contribution is 2.32. The summed E-state index contributed by atoms with van der Waals surface area (Å²) in [5.41, 5.74) is 0.684. The van der Waals surface area contributed by atoms with Crippen molar-refractivity contribution in [2.45, 2.75) is 32.2 Å². The number of nitrogens with one attached hydrogen (secondary N) is 1. The Morgan fingerprint density at radius 3 is 2.36 bits per heavy atom. The first kappa shape index (κ1) is 17.1. The number of hydrogen-bond acceptors (Lipinski definition) is 5. The lowest BCUT2D eigenvalue weighted by atomic mass is 10.1. The van der Waals surface area contributed by atoms with Gasteiger partial charge in [-0.2, -0.15) is 0 Å². The van der Waals surface area contributed by atoms with Crippen molar-refractivity contribution in [3.05, 3.63) is 35.4 Å². The molecule has 1 aromatic rings. The van der Waals surface area contributed by atoms with Gasteiger partial charge in [-0.3, -0.25) is 24.1 Å². The zero-order valence-electron chi connectivity index (χ0n) is 14.0. The topological polar surface area (TPSA) is 92.8 Å². The number of benzene rings is 1. The van der Waals surface area contributed by atoms with E-state index in [4.69, 9.17) is 4.74 Å². The normalized spacial score (nSPS) is 17.2. The predicted octanol–water partition coefficient (Wildman–Crippen LogP) is 1.13. The van der Waals surface area contributed by atoms with Gasteiger partial charge in [-0.1, -0.05) is 12.1 Å². The molecule has 0 spiro atoms. The average Bonchev–Trinajstić information content (AvgIpc) is 3.41. The number of amides is 3. The minimum absolute atomic E-state index is 0.0642. The maximum Gasteiger partial charge on any atom is 0.308 e. The van der Waals surface area contributed by atoms with Crippen LogP contribution in [0.15, 0.2) is 24.3 Å². The maximum absolute atomic E-state index is 12.2. The fourth-order valence-corrected chi connectivity index (χ4v) is 2.87. The molecule has 1 N–H and O–H groups in total. The lowest BCUT2D eigenvalue weighted by Crippen LogP contribution is -2.37. The van der Waals surface area contributed by atoms with E-state index in [1.54, 1.807) is 24.3 Å². The molecule has 1 saturated carbocycles. The summed E-state index contributed by atoms with van der Waals surface area (Å²) < 4.78 is 4.91. The molecule has 1 aliphatic carbocycles. The number of esters is 1. The molecule has 132 valence electrons. The highest BCUT2D eigenvalue weighted by atomic mass is 16.5. The number of nitrogens with zero attached hydrogens (tertiary/aromatic N) is 1. The van der Waals surface area contributed by atoms with Crippen molar-refractivity contribution in [1.29, 1.82) is 0 Å². The number of imide groups is 1. The van der Waals surface area contributed by atoms with E-state index in [1.165, 1.54) is 0 Å². The highest BCUT2D eigenvalue weighted by Gasteiger charge is 2.35. The van der Waals surface area contributed by atoms with Gasteiger partial charge in [-0.25, -0.2) is 0 Å². The smallest absolute Gasteiger partial charge is 0.308 e. The summed E-state index contributed by atoms with van der Waals surface area (Å²) in [6.45, 7) is 1.52. The SMILES string of the molecule is C[C@H](NC(=O)COC(=O)CCN1C(=O)c2ccccc2C1=O)C1CC1. The Labute approximate surface area is 145 Å². The van der Waals surface area contributed by atoms with Gasteiger partial charge in [0.15, 0.2) is 6.61 Å². The van der Waals surface area contributed by atoms with Gasteiger partial charge in [0.05, 0.1) is 17.5 Å². The van der Waals surface area contributed by atoms with Crippen molar-refractivity contribution in [3.8, 4) is 0 Å². The quantitative estimate of drug-likeness (QED) is 0.591. The van der Waals surface area contributed by atoms with Crippen molar-refractivity contribution in [1.82, 2.24) is 10.2 Å². The summed E-state index contributed by atoms with van der Waals surface area (Å²) >= 11 is 0. The second-order valence-corrected chi connectivity index (χ2v) is 6.41. The summed E-state index contributed by atoms with van der Waals surface area (Å²) in [5, 5.41) is 2.79. The second-order valence-electron chi connectivity index (χ2n) is 6.41. The summed E-state index contributed by atoms with van der Waals surface area (Å²) in [5.74, 6) is -1.26. The predicted molar refractivity (Wildman–Crippen MR) is 87.7 cm³/mol. The van der Waals surface area contributed by atoms with Crippen LogP contribution in [-0.2, 0) is 14.3 Å². The highest BCUT2D eigenvalue weighted by molar-refractivity contribution is 6.21. The molecule has 7 heteroatoms. The molecule has 3 rings (SSSR count). The lowest BCUT2D eigenvalue weighted by molar-refractivity contribution is -0.148. The maximum atomic E-state index is 12.2. The molecule has 1 atom stereocenters. The number of fused-ring (bicyclic) bond motifs is 1. The third-order valence-electron chi connectivity index (χ3n) is 4.50. The minimum Gasteiger partial charge on any atom is -0.456 e. The monoisotopic (exact) mass is 344 g/mol. The van der Waals surface area contributed by atoms with Gasteiger partial charge in [0.25, 0.3) is 17.7 Å². The molecule has 2 aliphatic rings. The van der Waals surface area contributed by atoms with Crippen molar-refractivity contribution in [2.75, 3.05) is 13.2 Å². The molecule has 0 radical (unpaired) electrons. The molecule has 1 heterocycles. The van der Waals surface area contributed by atoms with Gasteiger partial charge in [0, 0.05) is 12.6 Å². The fourth-order valence-electron chi connectivity index (χ4n) is 2.87. The Hall–Kier alpha value is -2.70. The van der Waals surface area contributed by atoms with Crippen LogP contribution in [0.2, 0.25) is 0 Å². The molecule has 1 aromatic carbocycles.